The summed E-state index contributed by atoms with van der Waals surface area (Å²) in [6.07, 6.45) is -14.3. The van der Waals surface area contributed by atoms with E-state index in [1.165, 1.54) is 0 Å². The van der Waals surface area contributed by atoms with Gasteiger partial charge in [-0.1, -0.05) is 6.07 Å². The van der Waals surface area contributed by atoms with E-state index in [4.69, 9.17) is 5.11 Å². The monoisotopic (exact) mass is 544 g/mol. The van der Waals surface area contributed by atoms with Crippen LogP contribution in [-0.4, -0.2) is 42.2 Å². The van der Waals surface area contributed by atoms with Crippen LogP contribution in [0.15, 0.2) is 30.3 Å². The molecule has 0 bridgehead atoms. The van der Waals surface area contributed by atoms with Crippen LogP contribution in [0.3, 0.4) is 0 Å². The first-order valence-electron chi connectivity index (χ1n) is 9.18. The van der Waals surface area contributed by atoms with Gasteiger partial charge < -0.3 is 10.4 Å². The Kier molecular flexibility index (Phi) is 8.09. The van der Waals surface area contributed by atoms with Crippen molar-refractivity contribution in [3.05, 3.63) is 58.9 Å². The fourth-order valence-corrected chi connectivity index (χ4v) is 2.74. The number of nitrogens with one attached hydrogen (secondary N) is 2. The summed E-state index contributed by atoms with van der Waals surface area (Å²) in [4.78, 5) is 16.5. The number of carbonyl (C=O) groups is 1. The van der Waals surface area contributed by atoms with Crippen molar-refractivity contribution in [1.29, 1.82) is 0 Å². The second-order valence-electron chi connectivity index (χ2n) is 6.84. The zero-order valence-electron chi connectivity index (χ0n) is 17.1. The quantitative estimate of drug-likeness (QED) is 0.236. The lowest BCUT2D eigenvalue weighted by molar-refractivity contribution is -0.400. The topological polar surface area (TPSA) is 70.6 Å². The number of anilines is 2. The van der Waals surface area contributed by atoms with Gasteiger partial charge in [0.25, 0.3) is 5.91 Å². The van der Waals surface area contributed by atoms with Crippen molar-refractivity contribution < 1.29 is 67.4 Å². The average molecular weight is 544 g/mol. The molecule has 0 aliphatic carbocycles. The third kappa shape index (κ3) is 5.16. The molecule has 2 rings (SSSR count). The molecule has 0 unspecified atom stereocenters. The van der Waals surface area contributed by atoms with E-state index in [1.807, 2.05) is 0 Å². The molecule has 0 radical (unpaired) electrons. The Labute approximate surface area is 192 Å². The highest BCUT2D eigenvalue weighted by atomic mass is 19.4. The summed E-state index contributed by atoms with van der Waals surface area (Å²) >= 11 is 0. The zero-order chi connectivity index (χ0) is 27.7. The van der Waals surface area contributed by atoms with Crippen molar-refractivity contribution >= 4 is 17.3 Å². The molecule has 0 heterocycles. The highest BCUT2D eigenvalue weighted by molar-refractivity contribution is 6.00. The lowest BCUT2D eigenvalue weighted by Crippen LogP contribution is -2.63. The van der Waals surface area contributed by atoms with Gasteiger partial charge >= 0.3 is 23.9 Å². The maximum absolute atomic E-state index is 14.4. The van der Waals surface area contributed by atoms with Gasteiger partial charge in [0.15, 0.2) is 11.6 Å². The Morgan fingerprint density at radius 2 is 1.44 bits per heavy atom. The number of aliphatic hydroxyl groups excluding tert-OH is 1. The van der Waals surface area contributed by atoms with Gasteiger partial charge in [0.1, 0.15) is 5.82 Å². The molecule has 36 heavy (non-hydrogen) atoms. The standard InChI is InChI=1S/C19H12F12N2O3/c20-10-3-2-9(15(35)33-36-6-5-34)14(13(10)22)32-12-4-1-8(7-11(12)21)16(23,24)17(25,18(26,27)28)19(29,30)31/h1-4,7,32,34H,5-6H2,(H,33,35). The predicted octanol–water partition coefficient (Wildman–Crippen LogP) is 5.43. The van der Waals surface area contributed by atoms with Crippen molar-refractivity contribution in [3.63, 3.8) is 0 Å². The van der Waals surface area contributed by atoms with E-state index in [1.54, 1.807) is 10.8 Å². The third-order valence-corrected chi connectivity index (χ3v) is 4.50. The zero-order valence-corrected chi connectivity index (χ0v) is 17.1. The molecule has 0 aliphatic rings. The molecule has 200 valence electrons. The predicted molar refractivity (Wildman–Crippen MR) is 96.4 cm³/mol. The largest absolute Gasteiger partial charge is 0.438 e. The maximum atomic E-state index is 14.4. The van der Waals surface area contributed by atoms with E-state index < -0.39 is 89.1 Å². The molecule has 0 saturated carbocycles. The van der Waals surface area contributed by atoms with E-state index in [0.29, 0.717) is 12.1 Å². The van der Waals surface area contributed by atoms with Gasteiger partial charge in [0.2, 0.25) is 0 Å². The first-order valence-corrected chi connectivity index (χ1v) is 9.18. The molecule has 3 N–H and O–H groups in total. The Balaban J connectivity index is 2.52. The third-order valence-electron chi connectivity index (χ3n) is 4.50. The van der Waals surface area contributed by atoms with E-state index in [0.717, 1.165) is 0 Å². The van der Waals surface area contributed by atoms with Crippen molar-refractivity contribution in [2.45, 2.75) is 23.9 Å². The van der Waals surface area contributed by atoms with Gasteiger partial charge in [-0.3, -0.25) is 9.63 Å². The van der Waals surface area contributed by atoms with Gasteiger partial charge in [0, 0.05) is 5.56 Å². The minimum Gasteiger partial charge on any atom is -0.394 e. The van der Waals surface area contributed by atoms with Crippen molar-refractivity contribution in [3.8, 4) is 0 Å². The normalized spacial score (nSPS) is 13.0. The Hall–Kier alpha value is -3.21. The molecule has 0 spiro atoms. The van der Waals surface area contributed by atoms with Gasteiger partial charge in [-0.25, -0.2) is 23.0 Å². The number of halogens is 12. The number of rotatable bonds is 8. The number of aliphatic hydroxyl groups is 1. The van der Waals surface area contributed by atoms with Crippen molar-refractivity contribution in [1.82, 2.24) is 5.48 Å². The molecule has 0 saturated heterocycles. The van der Waals surface area contributed by atoms with E-state index >= 15 is 0 Å². The number of hydroxylamine groups is 1. The molecule has 17 heteroatoms. The minimum absolute atomic E-state index is 0.0834. The number of carbonyl (C=O) groups excluding carboxylic acids is 1. The van der Waals surface area contributed by atoms with Crippen LogP contribution < -0.4 is 10.8 Å². The number of alkyl halides is 9. The first-order chi connectivity index (χ1) is 16.4. The van der Waals surface area contributed by atoms with Crippen LogP contribution in [0, 0.1) is 17.5 Å². The van der Waals surface area contributed by atoms with E-state index in [-0.39, 0.29) is 12.1 Å². The maximum Gasteiger partial charge on any atom is 0.438 e. The summed E-state index contributed by atoms with van der Waals surface area (Å²) < 4.78 is 161. The van der Waals surface area contributed by atoms with Gasteiger partial charge in [-0.05, 0) is 24.3 Å². The molecule has 1 amide bonds. The lowest BCUT2D eigenvalue weighted by atomic mass is 9.89. The van der Waals surface area contributed by atoms with Gasteiger partial charge in [-0.2, -0.15) is 35.1 Å². The van der Waals surface area contributed by atoms with Gasteiger partial charge in [0.05, 0.1) is 30.2 Å². The molecule has 2 aromatic carbocycles. The lowest BCUT2D eigenvalue weighted by Gasteiger charge is -2.36. The fraction of sp³-hybridized carbons (Fsp3) is 0.316. The number of amides is 1. The summed E-state index contributed by atoms with van der Waals surface area (Å²) in [7, 11) is 0. The van der Waals surface area contributed by atoms with E-state index in [2.05, 4.69) is 4.84 Å². The van der Waals surface area contributed by atoms with Crippen LogP contribution >= 0.6 is 0 Å². The fourth-order valence-electron chi connectivity index (χ4n) is 2.74. The van der Waals surface area contributed by atoms with E-state index in [9.17, 15) is 57.5 Å². The molecule has 0 aromatic heterocycles. The second-order valence-corrected chi connectivity index (χ2v) is 6.84. The highest BCUT2D eigenvalue weighted by Crippen LogP contribution is 2.58. The summed E-state index contributed by atoms with van der Waals surface area (Å²) in [5, 5.41) is 10.3. The molecule has 0 aliphatic heterocycles. The minimum atomic E-state index is -7.17. The Morgan fingerprint density at radius 3 is 1.94 bits per heavy atom. The van der Waals surface area contributed by atoms with Crippen LogP contribution in [0.4, 0.5) is 64.1 Å². The van der Waals surface area contributed by atoms with Crippen LogP contribution in [0.2, 0.25) is 0 Å². The SMILES string of the molecule is O=C(NOCCO)c1ccc(F)c(F)c1Nc1ccc(C(F)(F)C(F)(C(F)(F)F)C(F)(F)F)cc1F. The summed E-state index contributed by atoms with van der Waals surface area (Å²) in [5.74, 6) is -13.2. The van der Waals surface area contributed by atoms with Crippen molar-refractivity contribution in [2.75, 3.05) is 18.5 Å². The van der Waals surface area contributed by atoms with Crippen LogP contribution in [0.25, 0.3) is 0 Å². The van der Waals surface area contributed by atoms with Crippen LogP contribution in [-0.2, 0) is 10.8 Å². The van der Waals surface area contributed by atoms with Crippen LogP contribution in [0.5, 0.6) is 0 Å². The molecule has 2 aromatic rings. The first kappa shape index (κ1) is 29.0. The summed E-state index contributed by atoms with van der Waals surface area (Å²) in [5.41, 5.74) is -10.9. The van der Waals surface area contributed by atoms with Gasteiger partial charge in [-0.15, -0.1) is 0 Å². The molecule has 0 atom stereocenters. The number of benzene rings is 2. The summed E-state index contributed by atoms with van der Waals surface area (Å²) in [6.45, 7) is -1.03. The second kappa shape index (κ2) is 10.0. The smallest absolute Gasteiger partial charge is 0.394 e. The molecule has 0 fully saturated rings. The molecule has 5 nitrogen and oxygen atoms in total. The molecular weight excluding hydrogens is 532 g/mol. The number of hydrogen-bond donors (Lipinski definition) is 3. The Bertz CT molecular complexity index is 1100. The molecular formula is C19H12F12N2O3. The average Bonchev–Trinajstić information content (AvgIpc) is 2.75. The summed E-state index contributed by atoms with van der Waals surface area (Å²) in [6, 6.07) is 0.355. The van der Waals surface area contributed by atoms with Crippen molar-refractivity contribution in [2.24, 2.45) is 0 Å². The number of hydrogen-bond acceptors (Lipinski definition) is 4. The Morgan fingerprint density at radius 1 is 0.861 bits per heavy atom. The van der Waals surface area contributed by atoms with Crippen LogP contribution in [0.1, 0.15) is 15.9 Å². The highest BCUT2D eigenvalue weighted by Gasteiger charge is 2.84.